The zero-order valence-electron chi connectivity index (χ0n) is 13.4. The lowest BCUT2D eigenvalue weighted by Crippen LogP contribution is -2.39. The van der Waals surface area contributed by atoms with E-state index in [-0.39, 0.29) is 17.4 Å². The van der Waals surface area contributed by atoms with Crippen LogP contribution in [-0.2, 0) is 7.05 Å². The maximum Gasteiger partial charge on any atom is 0.335 e. The summed E-state index contributed by atoms with van der Waals surface area (Å²) in [6.45, 7) is 1.36. The summed E-state index contributed by atoms with van der Waals surface area (Å²) < 4.78 is 1.75. The fraction of sp³-hybridized carbons (Fsp3) is 0.333. The van der Waals surface area contributed by atoms with E-state index in [0.717, 1.165) is 24.9 Å². The number of carbonyl (C=O) groups excluding carboxylic acids is 1. The lowest BCUT2D eigenvalue weighted by atomic mass is 9.90. The summed E-state index contributed by atoms with van der Waals surface area (Å²) in [7, 11) is 1.81. The molecule has 1 aliphatic heterocycles. The van der Waals surface area contributed by atoms with E-state index in [1.807, 2.05) is 24.1 Å². The Kier molecular flexibility index (Phi) is 4.62. The second-order valence-electron chi connectivity index (χ2n) is 6.17. The summed E-state index contributed by atoms with van der Waals surface area (Å²) in [6.07, 6.45) is 3.64. The highest BCUT2D eigenvalue weighted by atomic mass is 35.5. The summed E-state index contributed by atoms with van der Waals surface area (Å²) in [4.78, 5) is 25.5. The van der Waals surface area contributed by atoms with E-state index in [2.05, 4.69) is 0 Å². The van der Waals surface area contributed by atoms with Crippen molar-refractivity contribution in [2.24, 2.45) is 7.05 Å². The van der Waals surface area contributed by atoms with Gasteiger partial charge in [0.25, 0.3) is 5.91 Å². The lowest BCUT2D eigenvalue weighted by Gasteiger charge is -2.33. The molecule has 24 heavy (non-hydrogen) atoms. The summed E-state index contributed by atoms with van der Waals surface area (Å²) in [5, 5.41) is 9.54. The van der Waals surface area contributed by atoms with Gasteiger partial charge in [0, 0.05) is 32.3 Å². The Balaban J connectivity index is 1.75. The lowest BCUT2D eigenvalue weighted by molar-refractivity contribution is 0.0690. The third kappa shape index (κ3) is 3.31. The Morgan fingerprint density at radius 1 is 1.25 bits per heavy atom. The molecule has 1 fully saturated rings. The molecule has 0 unspecified atom stereocenters. The molecule has 0 radical (unpaired) electrons. The topological polar surface area (TPSA) is 62.5 Å². The van der Waals surface area contributed by atoms with E-state index in [0.29, 0.717) is 17.3 Å². The van der Waals surface area contributed by atoms with Crippen molar-refractivity contribution >= 4 is 23.5 Å². The maximum atomic E-state index is 12.7. The molecule has 0 spiro atoms. The molecule has 1 atom stereocenters. The van der Waals surface area contributed by atoms with Crippen LogP contribution in [0.5, 0.6) is 0 Å². The molecule has 0 bridgehead atoms. The molecule has 0 aliphatic carbocycles. The second-order valence-corrected chi connectivity index (χ2v) is 6.61. The predicted molar refractivity (Wildman–Crippen MR) is 91.7 cm³/mol. The quantitative estimate of drug-likeness (QED) is 0.926. The third-order valence-corrected chi connectivity index (χ3v) is 4.74. The van der Waals surface area contributed by atoms with E-state index in [1.54, 1.807) is 29.0 Å². The Labute approximate surface area is 145 Å². The van der Waals surface area contributed by atoms with Gasteiger partial charge in [-0.05, 0) is 36.6 Å². The predicted octanol–water partition coefficient (Wildman–Crippen LogP) is 3.40. The molecule has 1 aromatic heterocycles. The fourth-order valence-electron chi connectivity index (χ4n) is 3.23. The van der Waals surface area contributed by atoms with E-state index in [1.165, 1.54) is 0 Å². The number of carbonyl (C=O) groups is 2. The van der Waals surface area contributed by atoms with Crippen molar-refractivity contribution in [3.8, 4) is 0 Å². The minimum absolute atomic E-state index is 0.0174. The molecule has 126 valence electrons. The SMILES string of the molecule is Cn1cc(Cl)cc1C(=O)N1CCC[C@H](c2ccc(C(=O)O)cc2)C1. The highest BCUT2D eigenvalue weighted by molar-refractivity contribution is 6.31. The third-order valence-electron chi connectivity index (χ3n) is 4.53. The first-order chi connectivity index (χ1) is 11.5. The van der Waals surface area contributed by atoms with Crippen molar-refractivity contribution in [2.75, 3.05) is 13.1 Å². The summed E-state index contributed by atoms with van der Waals surface area (Å²) in [6, 6.07) is 8.63. The molecule has 1 amide bonds. The Morgan fingerprint density at radius 3 is 2.54 bits per heavy atom. The van der Waals surface area contributed by atoms with Gasteiger partial charge in [0.05, 0.1) is 10.6 Å². The molecule has 6 heteroatoms. The van der Waals surface area contributed by atoms with E-state index in [4.69, 9.17) is 16.7 Å². The number of nitrogens with zero attached hydrogens (tertiary/aromatic N) is 2. The van der Waals surface area contributed by atoms with Crippen LogP contribution in [0.3, 0.4) is 0 Å². The van der Waals surface area contributed by atoms with E-state index >= 15 is 0 Å². The number of benzene rings is 1. The van der Waals surface area contributed by atoms with Crippen molar-refractivity contribution in [3.05, 3.63) is 58.4 Å². The average Bonchev–Trinajstić information content (AvgIpc) is 2.92. The number of aromatic nitrogens is 1. The van der Waals surface area contributed by atoms with Gasteiger partial charge in [-0.3, -0.25) is 4.79 Å². The Morgan fingerprint density at radius 2 is 1.96 bits per heavy atom. The minimum Gasteiger partial charge on any atom is -0.478 e. The average molecular weight is 347 g/mol. The van der Waals surface area contributed by atoms with Gasteiger partial charge in [-0.25, -0.2) is 4.79 Å². The van der Waals surface area contributed by atoms with Gasteiger partial charge in [0.1, 0.15) is 5.69 Å². The molecule has 1 aromatic carbocycles. The molecular weight excluding hydrogens is 328 g/mol. The molecule has 2 aromatic rings. The molecule has 1 N–H and O–H groups in total. The van der Waals surface area contributed by atoms with Crippen LogP contribution in [-0.4, -0.2) is 39.5 Å². The first-order valence-corrected chi connectivity index (χ1v) is 8.28. The zero-order chi connectivity index (χ0) is 17.3. The molecule has 3 rings (SSSR count). The maximum absolute atomic E-state index is 12.7. The van der Waals surface area contributed by atoms with Crippen molar-refractivity contribution in [1.82, 2.24) is 9.47 Å². The van der Waals surface area contributed by atoms with Gasteiger partial charge in [-0.1, -0.05) is 23.7 Å². The molecular formula is C18H19ClN2O3. The van der Waals surface area contributed by atoms with Crippen LogP contribution in [0.1, 0.15) is 45.2 Å². The summed E-state index contributed by atoms with van der Waals surface area (Å²) in [5.41, 5.74) is 1.94. The van der Waals surface area contributed by atoms with Gasteiger partial charge in [-0.2, -0.15) is 0 Å². The van der Waals surface area contributed by atoms with Gasteiger partial charge < -0.3 is 14.6 Å². The smallest absolute Gasteiger partial charge is 0.335 e. The second kappa shape index (κ2) is 6.69. The number of amides is 1. The number of carboxylic acid groups (broad SMARTS) is 1. The summed E-state index contributed by atoms with van der Waals surface area (Å²) >= 11 is 5.97. The number of rotatable bonds is 3. The van der Waals surface area contributed by atoms with Crippen LogP contribution in [0.2, 0.25) is 5.02 Å². The highest BCUT2D eigenvalue weighted by Gasteiger charge is 2.27. The normalized spacial score (nSPS) is 17.8. The number of carboxylic acids is 1. The van der Waals surface area contributed by atoms with Crippen LogP contribution in [0.25, 0.3) is 0 Å². The molecule has 1 aliphatic rings. The van der Waals surface area contributed by atoms with Crippen molar-refractivity contribution in [1.29, 1.82) is 0 Å². The van der Waals surface area contributed by atoms with Crippen molar-refractivity contribution in [3.63, 3.8) is 0 Å². The number of halogens is 1. The number of piperidine rings is 1. The first-order valence-electron chi connectivity index (χ1n) is 7.90. The fourth-order valence-corrected chi connectivity index (χ4v) is 3.48. The van der Waals surface area contributed by atoms with E-state index in [9.17, 15) is 9.59 Å². The Bertz CT molecular complexity index is 767. The van der Waals surface area contributed by atoms with Gasteiger partial charge in [-0.15, -0.1) is 0 Å². The largest absolute Gasteiger partial charge is 0.478 e. The van der Waals surface area contributed by atoms with Crippen molar-refractivity contribution in [2.45, 2.75) is 18.8 Å². The van der Waals surface area contributed by atoms with Crippen LogP contribution in [0, 0.1) is 0 Å². The van der Waals surface area contributed by atoms with Crippen LogP contribution >= 0.6 is 11.6 Å². The van der Waals surface area contributed by atoms with Gasteiger partial charge in [0.15, 0.2) is 0 Å². The number of likely N-dealkylation sites (tertiary alicyclic amines) is 1. The van der Waals surface area contributed by atoms with Crippen molar-refractivity contribution < 1.29 is 14.7 Å². The monoisotopic (exact) mass is 346 g/mol. The van der Waals surface area contributed by atoms with Crippen LogP contribution in [0.4, 0.5) is 0 Å². The van der Waals surface area contributed by atoms with Crippen LogP contribution < -0.4 is 0 Å². The molecule has 0 saturated carbocycles. The molecule has 5 nitrogen and oxygen atoms in total. The standard InChI is InChI=1S/C18H19ClN2O3/c1-20-11-15(19)9-16(20)17(22)21-8-2-3-14(10-21)12-4-6-13(7-5-12)18(23)24/h4-7,9,11,14H,2-3,8,10H2,1H3,(H,23,24)/t14-/m0/s1. The zero-order valence-corrected chi connectivity index (χ0v) is 14.2. The minimum atomic E-state index is -0.928. The number of hydrogen-bond donors (Lipinski definition) is 1. The molecule has 1 saturated heterocycles. The first kappa shape index (κ1) is 16.6. The summed E-state index contributed by atoms with van der Waals surface area (Å²) in [5.74, 6) is -0.722. The van der Waals surface area contributed by atoms with Crippen LogP contribution in [0.15, 0.2) is 36.5 Å². The van der Waals surface area contributed by atoms with Gasteiger partial charge >= 0.3 is 5.97 Å². The van der Waals surface area contributed by atoms with Gasteiger partial charge in [0.2, 0.25) is 0 Å². The number of hydrogen-bond acceptors (Lipinski definition) is 2. The highest BCUT2D eigenvalue weighted by Crippen LogP contribution is 2.28. The Hall–Kier alpha value is -2.27. The number of aromatic carboxylic acids is 1. The molecule has 2 heterocycles. The van der Waals surface area contributed by atoms with E-state index < -0.39 is 5.97 Å². The number of aryl methyl sites for hydroxylation is 1.